The highest BCUT2D eigenvalue weighted by molar-refractivity contribution is 6.31. The lowest BCUT2D eigenvalue weighted by molar-refractivity contribution is -0.917. The molecule has 152 valence electrons. The Balaban J connectivity index is 1.41. The van der Waals surface area contributed by atoms with Crippen molar-refractivity contribution in [1.82, 2.24) is 4.90 Å². The monoisotopic (exact) mass is 417 g/mol. The van der Waals surface area contributed by atoms with Crippen molar-refractivity contribution in [2.75, 3.05) is 33.3 Å². The number of fused-ring (bicyclic) bond motifs is 1. The van der Waals surface area contributed by atoms with Crippen LogP contribution in [0, 0.1) is 12.7 Å². The highest BCUT2D eigenvalue weighted by Crippen LogP contribution is 2.28. The van der Waals surface area contributed by atoms with Crippen LogP contribution in [-0.4, -0.2) is 44.1 Å². The molecule has 2 heterocycles. The lowest BCUT2D eigenvalue weighted by atomic mass is 10.1. The molecule has 1 aliphatic rings. The van der Waals surface area contributed by atoms with E-state index in [1.165, 1.54) is 18.1 Å². The van der Waals surface area contributed by atoms with Gasteiger partial charge in [-0.2, -0.15) is 0 Å². The largest absolute Gasteiger partial charge is 0.494 e. The van der Waals surface area contributed by atoms with Gasteiger partial charge in [0.25, 0.3) is 5.91 Å². The van der Waals surface area contributed by atoms with Gasteiger partial charge in [-0.25, -0.2) is 4.39 Å². The number of nitrogens with one attached hydrogen (secondary N) is 1. The molecular formula is C22H23ClFN2O3+. The first-order chi connectivity index (χ1) is 14.0. The molecule has 1 aliphatic heterocycles. The summed E-state index contributed by atoms with van der Waals surface area (Å²) in [5.41, 5.74) is 2.40. The first-order valence-electron chi connectivity index (χ1n) is 9.60. The van der Waals surface area contributed by atoms with Crippen LogP contribution in [0.4, 0.5) is 4.39 Å². The normalized spacial score (nSPS) is 15.1. The van der Waals surface area contributed by atoms with Gasteiger partial charge in [0.1, 0.15) is 12.1 Å². The second-order valence-electron chi connectivity index (χ2n) is 7.38. The van der Waals surface area contributed by atoms with E-state index in [4.69, 9.17) is 20.8 Å². The van der Waals surface area contributed by atoms with E-state index in [1.54, 1.807) is 18.2 Å². The van der Waals surface area contributed by atoms with Crippen molar-refractivity contribution >= 4 is 28.5 Å². The fourth-order valence-corrected chi connectivity index (χ4v) is 4.02. The molecule has 7 heteroatoms. The minimum Gasteiger partial charge on any atom is -0.494 e. The molecule has 4 rings (SSSR count). The average molecular weight is 418 g/mol. The van der Waals surface area contributed by atoms with Crippen LogP contribution in [0.5, 0.6) is 5.75 Å². The molecule has 1 aromatic heterocycles. The smallest absolute Gasteiger partial charge is 0.290 e. The van der Waals surface area contributed by atoms with Gasteiger partial charge in [-0.05, 0) is 43.3 Å². The second kappa shape index (κ2) is 8.05. The summed E-state index contributed by atoms with van der Waals surface area (Å²) in [6.07, 6.45) is 0. The van der Waals surface area contributed by atoms with Crippen molar-refractivity contribution in [3.63, 3.8) is 0 Å². The highest BCUT2D eigenvalue weighted by Gasteiger charge is 2.28. The summed E-state index contributed by atoms with van der Waals surface area (Å²) in [5.74, 6) is 0.188. The number of aryl methyl sites for hydroxylation is 1. The zero-order chi connectivity index (χ0) is 20.5. The number of rotatable bonds is 4. The molecule has 0 spiro atoms. The molecule has 1 amide bonds. The van der Waals surface area contributed by atoms with E-state index >= 15 is 0 Å². The van der Waals surface area contributed by atoms with E-state index in [1.807, 2.05) is 24.0 Å². The zero-order valence-electron chi connectivity index (χ0n) is 16.4. The number of hydrogen-bond donors (Lipinski definition) is 1. The fraction of sp³-hybridized carbons (Fsp3) is 0.318. The third kappa shape index (κ3) is 3.95. The van der Waals surface area contributed by atoms with Crippen LogP contribution in [0.2, 0.25) is 5.02 Å². The molecule has 1 saturated heterocycles. The summed E-state index contributed by atoms with van der Waals surface area (Å²) in [6, 6.07) is 10.4. The average Bonchev–Trinajstić information content (AvgIpc) is 3.04. The molecule has 0 atom stereocenters. The van der Waals surface area contributed by atoms with E-state index in [9.17, 15) is 9.18 Å². The van der Waals surface area contributed by atoms with Crippen molar-refractivity contribution < 1.29 is 23.2 Å². The number of ether oxygens (including phenoxy) is 1. The van der Waals surface area contributed by atoms with Crippen molar-refractivity contribution in [3.8, 4) is 5.75 Å². The Bertz CT molecular complexity index is 1060. The Hall–Kier alpha value is -2.57. The van der Waals surface area contributed by atoms with Gasteiger partial charge in [-0.15, -0.1) is 0 Å². The summed E-state index contributed by atoms with van der Waals surface area (Å²) in [6.45, 7) is 5.45. The van der Waals surface area contributed by atoms with Gasteiger partial charge in [0.05, 0.1) is 33.3 Å². The number of methoxy groups -OCH3 is 1. The van der Waals surface area contributed by atoms with Crippen LogP contribution in [0.3, 0.4) is 0 Å². The fourth-order valence-electron chi connectivity index (χ4n) is 3.85. The second-order valence-corrected chi connectivity index (χ2v) is 7.82. The van der Waals surface area contributed by atoms with Crippen molar-refractivity contribution in [1.29, 1.82) is 0 Å². The summed E-state index contributed by atoms with van der Waals surface area (Å²) < 4.78 is 24.7. The topological polar surface area (TPSA) is 47.1 Å². The van der Waals surface area contributed by atoms with Crippen molar-refractivity contribution in [2.45, 2.75) is 13.5 Å². The number of hydrogen-bond acceptors (Lipinski definition) is 3. The molecule has 3 aromatic rings. The molecule has 0 bridgehead atoms. The Morgan fingerprint density at radius 2 is 2.00 bits per heavy atom. The molecule has 0 saturated carbocycles. The minimum atomic E-state index is -0.348. The first kappa shape index (κ1) is 19.7. The number of benzene rings is 2. The quantitative estimate of drug-likeness (QED) is 0.709. The first-order valence-corrected chi connectivity index (χ1v) is 9.98. The summed E-state index contributed by atoms with van der Waals surface area (Å²) >= 11 is 6.07. The molecule has 1 N–H and O–H groups in total. The van der Waals surface area contributed by atoms with E-state index < -0.39 is 0 Å². The minimum absolute atomic E-state index is 0.0932. The molecule has 2 aromatic carbocycles. The summed E-state index contributed by atoms with van der Waals surface area (Å²) in [5, 5.41) is 1.49. The highest BCUT2D eigenvalue weighted by atomic mass is 35.5. The maximum atomic E-state index is 13.9. The van der Waals surface area contributed by atoms with Gasteiger partial charge in [-0.3, -0.25) is 4.79 Å². The van der Waals surface area contributed by atoms with Gasteiger partial charge >= 0.3 is 0 Å². The maximum absolute atomic E-state index is 13.9. The van der Waals surface area contributed by atoms with Crippen LogP contribution >= 0.6 is 11.6 Å². The Kier molecular flexibility index (Phi) is 5.48. The number of quaternary nitrogens is 1. The molecule has 0 aliphatic carbocycles. The van der Waals surface area contributed by atoms with Crippen LogP contribution in [-0.2, 0) is 6.54 Å². The molecule has 29 heavy (non-hydrogen) atoms. The van der Waals surface area contributed by atoms with Gasteiger partial charge in [-0.1, -0.05) is 11.6 Å². The van der Waals surface area contributed by atoms with Crippen molar-refractivity contribution in [3.05, 3.63) is 64.1 Å². The van der Waals surface area contributed by atoms with Gasteiger partial charge in [0.15, 0.2) is 17.3 Å². The van der Waals surface area contributed by atoms with Gasteiger partial charge in [0, 0.05) is 21.5 Å². The van der Waals surface area contributed by atoms with E-state index in [0.717, 1.165) is 29.6 Å². The molecule has 1 fully saturated rings. The van der Waals surface area contributed by atoms with Crippen LogP contribution in [0.1, 0.15) is 21.7 Å². The third-order valence-electron chi connectivity index (χ3n) is 5.52. The number of halogens is 2. The SMILES string of the molecule is COc1ccc(C[NH+]2CCN(C(=O)c3oc4ccc(Cl)cc4c3C)CC2)cc1F. The Morgan fingerprint density at radius 1 is 1.24 bits per heavy atom. The van der Waals surface area contributed by atoms with E-state index in [0.29, 0.717) is 36.0 Å². The lowest BCUT2D eigenvalue weighted by Crippen LogP contribution is -3.13. The zero-order valence-corrected chi connectivity index (χ0v) is 17.2. The van der Waals surface area contributed by atoms with Gasteiger partial charge in [0.2, 0.25) is 0 Å². The number of furan rings is 1. The lowest BCUT2D eigenvalue weighted by Gasteiger charge is -2.32. The predicted octanol–water partition coefficient (Wildman–Crippen LogP) is 3.08. The number of carbonyl (C=O) groups is 1. The predicted molar refractivity (Wildman–Crippen MR) is 109 cm³/mol. The molecule has 0 unspecified atom stereocenters. The van der Waals surface area contributed by atoms with Crippen molar-refractivity contribution in [2.24, 2.45) is 0 Å². The molecule has 0 radical (unpaired) electrons. The van der Waals surface area contributed by atoms with Crippen LogP contribution in [0.25, 0.3) is 11.0 Å². The van der Waals surface area contributed by atoms with Crippen LogP contribution < -0.4 is 9.64 Å². The van der Waals surface area contributed by atoms with E-state index in [2.05, 4.69) is 0 Å². The summed E-state index contributed by atoms with van der Waals surface area (Å²) in [4.78, 5) is 16.1. The molecular weight excluding hydrogens is 395 g/mol. The number of piperazine rings is 1. The number of carbonyl (C=O) groups excluding carboxylic acids is 1. The van der Waals surface area contributed by atoms with Gasteiger partial charge < -0.3 is 19.0 Å². The number of amides is 1. The summed E-state index contributed by atoms with van der Waals surface area (Å²) in [7, 11) is 1.46. The Labute approximate surface area is 173 Å². The standard InChI is InChI=1S/C22H22ClFN2O3/c1-14-17-12-16(23)4-6-19(17)29-21(14)22(27)26-9-7-25(8-10-26)13-15-3-5-20(28-2)18(24)11-15/h3-6,11-12H,7-10,13H2,1-2H3/p+1. The van der Waals surface area contributed by atoms with E-state index in [-0.39, 0.29) is 17.5 Å². The Morgan fingerprint density at radius 3 is 2.69 bits per heavy atom. The van der Waals surface area contributed by atoms with Crippen LogP contribution in [0.15, 0.2) is 40.8 Å². The molecule has 5 nitrogen and oxygen atoms in total. The third-order valence-corrected chi connectivity index (χ3v) is 5.76. The maximum Gasteiger partial charge on any atom is 0.290 e. The number of nitrogens with zero attached hydrogens (tertiary/aromatic N) is 1.